The number of benzene rings is 2. The van der Waals surface area contributed by atoms with Gasteiger partial charge in [0.25, 0.3) is 0 Å². The van der Waals surface area contributed by atoms with Crippen LogP contribution in [-0.4, -0.2) is 5.75 Å². The molecular formula is C15H15Cl2NS. The number of halogens is 2. The molecule has 0 saturated carbocycles. The molecule has 4 heteroatoms. The predicted octanol–water partition coefficient (Wildman–Crippen LogP) is 5.72. The van der Waals surface area contributed by atoms with Crippen molar-refractivity contribution in [2.45, 2.75) is 18.4 Å². The summed E-state index contributed by atoms with van der Waals surface area (Å²) in [5.74, 6) is 1.06. The van der Waals surface area contributed by atoms with Gasteiger partial charge >= 0.3 is 0 Å². The van der Waals surface area contributed by atoms with Crippen molar-refractivity contribution in [2.24, 2.45) is 0 Å². The Labute approximate surface area is 128 Å². The van der Waals surface area contributed by atoms with E-state index in [1.54, 1.807) is 6.07 Å². The average Bonchev–Trinajstić information content (AvgIpc) is 2.40. The highest BCUT2D eigenvalue weighted by atomic mass is 35.5. The molecule has 0 saturated heterocycles. The number of hydrogen-bond donors (Lipinski definition) is 1. The van der Waals surface area contributed by atoms with Crippen molar-refractivity contribution in [1.29, 1.82) is 0 Å². The molecule has 0 spiro atoms. The molecule has 0 aromatic heterocycles. The van der Waals surface area contributed by atoms with Gasteiger partial charge in [-0.3, -0.25) is 0 Å². The molecule has 0 aliphatic rings. The molecular weight excluding hydrogens is 297 g/mol. The van der Waals surface area contributed by atoms with Crippen LogP contribution in [0.25, 0.3) is 0 Å². The summed E-state index contributed by atoms with van der Waals surface area (Å²) >= 11 is 13.9. The summed E-state index contributed by atoms with van der Waals surface area (Å²) in [6.07, 6.45) is 0. The molecule has 0 fully saturated rings. The third-order valence-electron chi connectivity index (χ3n) is 2.67. The third kappa shape index (κ3) is 4.07. The zero-order chi connectivity index (χ0) is 13.7. The molecule has 0 unspecified atom stereocenters. The molecule has 0 aliphatic heterocycles. The van der Waals surface area contributed by atoms with E-state index in [0.29, 0.717) is 16.6 Å². The highest BCUT2D eigenvalue weighted by Crippen LogP contribution is 2.28. The molecule has 2 aromatic carbocycles. The van der Waals surface area contributed by atoms with Crippen molar-refractivity contribution in [2.75, 3.05) is 11.1 Å². The Bertz CT molecular complexity index is 558. The van der Waals surface area contributed by atoms with Gasteiger partial charge in [0.05, 0.1) is 0 Å². The summed E-state index contributed by atoms with van der Waals surface area (Å²) in [5, 5.41) is 4.78. The molecule has 0 radical (unpaired) electrons. The van der Waals surface area contributed by atoms with Gasteiger partial charge in [-0.1, -0.05) is 48.3 Å². The van der Waals surface area contributed by atoms with Gasteiger partial charge < -0.3 is 5.32 Å². The molecule has 0 bridgehead atoms. The predicted molar refractivity (Wildman–Crippen MR) is 86.6 cm³/mol. The van der Waals surface area contributed by atoms with Crippen LogP contribution in [0.3, 0.4) is 0 Å². The maximum Gasteiger partial charge on any atom is 0.0481 e. The minimum atomic E-state index is 0.663. The number of anilines is 1. The van der Waals surface area contributed by atoms with Crippen LogP contribution in [0.2, 0.25) is 10.0 Å². The number of rotatable bonds is 5. The smallest absolute Gasteiger partial charge is 0.0481 e. The lowest BCUT2D eigenvalue weighted by Crippen LogP contribution is -2.01. The van der Waals surface area contributed by atoms with Crippen LogP contribution in [0.15, 0.2) is 47.4 Å². The Morgan fingerprint density at radius 1 is 1.11 bits per heavy atom. The summed E-state index contributed by atoms with van der Waals surface area (Å²) < 4.78 is 0. The number of thioether (sulfide) groups is 1. The van der Waals surface area contributed by atoms with E-state index in [0.717, 1.165) is 17.0 Å². The minimum absolute atomic E-state index is 0.663. The summed E-state index contributed by atoms with van der Waals surface area (Å²) in [6, 6.07) is 13.9. The van der Waals surface area contributed by atoms with E-state index in [-0.39, 0.29) is 0 Å². The van der Waals surface area contributed by atoms with Gasteiger partial charge in [-0.2, -0.15) is 0 Å². The lowest BCUT2D eigenvalue weighted by Gasteiger charge is -2.12. The first-order valence-corrected chi connectivity index (χ1v) is 7.84. The van der Waals surface area contributed by atoms with Gasteiger partial charge in [-0.25, -0.2) is 0 Å². The Kier molecular flexibility index (Phi) is 5.44. The van der Waals surface area contributed by atoms with Gasteiger partial charge in [-0.05, 0) is 35.6 Å². The van der Waals surface area contributed by atoms with Crippen LogP contribution in [0.5, 0.6) is 0 Å². The molecule has 19 heavy (non-hydrogen) atoms. The standard InChI is InChI=1S/C15H15Cl2NS/c1-2-19-15-6-4-3-5-14(15)18-10-11-7-8-12(16)9-13(11)17/h3-9,18H,2,10H2,1H3. The zero-order valence-electron chi connectivity index (χ0n) is 10.6. The highest BCUT2D eigenvalue weighted by molar-refractivity contribution is 7.99. The molecule has 0 atom stereocenters. The molecule has 2 rings (SSSR count). The Morgan fingerprint density at radius 2 is 1.89 bits per heavy atom. The lowest BCUT2D eigenvalue weighted by molar-refractivity contribution is 1.13. The van der Waals surface area contributed by atoms with E-state index < -0.39 is 0 Å². The first kappa shape index (κ1) is 14.6. The summed E-state index contributed by atoms with van der Waals surface area (Å²) in [7, 11) is 0. The largest absolute Gasteiger partial charge is 0.380 e. The Hall–Kier alpha value is -0.830. The fourth-order valence-electron chi connectivity index (χ4n) is 1.75. The van der Waals surface area contributed by atoms with Crippen LogP contribution in [0.4, 0.5) is 5.69 Å². The number of hydrogen-bond acceptors (Lipinski definition) is 2. The SMILES string of the molecule is CCSc1ccccc1NCc1ccc(Cl)cc1Cl. The van der Waals surface area contributed by atoms with Crippen LogP contribution >= 0.6 is 35.0 Å². The van der Waals surface area contributed by atoms with E-state index in [9.17, 15) is 0 Å². The maximum atomic E-state index is 6.17. The summed E-state index contributed by atoms with van der Waals surface area (Å²) in [4.78, 5) is 1.26. The van der Waals surface area contributed by atoms with E-state index >= 15 is 0 Å². The van der Waals surface area contributed by atoms with Crippen LogP contribution in [0.1, 0.15) is 12.5 Å². The van der Waals surface area contributed by atoms with Crippen molar-refractivity contribution < 1.29 is 0 Å². The van der Waals surface area contributed by atoms with E-state index in [1.165, 1.54) is 4.90 Å². The van der Waals surface area contributed by atoms with Gasteiger partial charge in [-0.15, -0.1) is 11.8 Å². The highest BCUT2D eigenvalue weighted by Gasteiger charge is 2.04. The van der Waals surface area contributed by atoms with Crippen LogP contribution < -0.4 is 5.32 Å². The second-order valence-electron chi connectivity index (χ2n) is 4.02. The lowest BCUT2D eigenvalue weighted by atomic mass is 10.2. The molecule has 1 nitrogen and oxygen atoms in total. The van der Waals surface area contributed by atoms with Crippen molar-refractivity contribution in [1.82, 2.24) is 0 Å². The topological polar surface area (TPSA) is 12.0 Å². The maximum absolute atomic E-state index is 6.17. The van der Waals surface area contributed by atoms with Crippen LogP contribution in [-0.2, 0) is 6.54 Å². The van der Waals surface area contributed by atoms with E-state index in [4.69, 9.17) is 23.2 Å². The molecule has 0 amide bonds. The average molecular weight is 312 g/mol. The minimum Gasteiger partial charge on any atom is -0.380 e. The van der Waals surface area contributed by atoms with E-state index in [1.807, 2.05) is 30.0 Å². The third-order valence-corrected chi connectivity index (χ3v) is 4.21. The van der Waals surface area contributed by atoms with Gasteiger partial charge in [0.2, 0.25) is 0 Å². The second kappa shape index (κ2) is 7.09. The van der Waals surface area contributed by atoms with Crippen LogP contribution in [0, 0.1) is 0 Å². The quantitative estimate of drug-likeness (QED) is 0.709. The van der Waals surface area contributed by atoms with Crippen molar-refractivity contribution >= 4 is 40.7 Å². The Balaban J connectivity index is 2.10. The van der Waals surface area contributed by atoms with Gasteiger partial charge in [0, 0.05) is 27.2 Å². The first-order chi connectivity index (χ1) is 9.20. The monoisotopic (exact) mass is 311 g/mol. The molecule has 2 aromatic rings. The van der Waals surface area contributed by atoms with Gasteiger partial charge in [0.15, 0.2) is 0 Å². The fraction of sp³-hybridized carbons (Fsp3) is 0.200. The zero-order valence-corrected chi connectivity index (χ0v) is 12.9. The number of para-hydroxylation sites is 1. The molecule has 1 N–H and O–H groups in total. The van der Waals surface area contributed by atoms with Crippen molar-refractivity contribution in [3.63, 3.8) is 0 Å². The summed E-state index contributed by atoms with van der Waals surface area (Å²) in [6.45, 7) is 2.84. The molecule has 0 aliphatic carbocycles. The molecule has 100 valence electrons. The molecule has 0 heterocycles. The van der Waals surface area contributed by atoms with Gasteiger partial charge in [0.1, 0.15) is 0 Å². The van der Waals surface area contributed by atoms with Crippen molar-refractivity contribution in [3.05, 3.63) is 58.1 Å². The normalized spacial score (nSPS) is 10.5. The van der Waals surface area contributed by atoms with Crippen molar-refractivity contribution in [3.8, 4) is 0 Å². The van der Waals surface area contributed by atoms with E-state index in [2.05, 4.69) is 30.4 Å². The first-order valence-electron chi connectivity index (χ1n) is 6.10. The fourth-order valence-corrected chi connectivity index (χ4v) is 3.01. The number of nitrogens with one attached hydrogen (secondary N) is 1. The second-order valence-corrected chi connectivity index (χ2v) is 6.17. The Morgan fingerprint density at radius 3 is 2.63 bits per heavy atom. The summed E-state index contributed by atoms with van der Waals surface area (Å²) in [5.41, 5.74) is 2.18.